The van der Waals surface area contributed by atoms with Crippen molar-refractivity contribution in [1.82, 2.24) is 0 Å². The number of azo groups is 1. The van der Waals surface area contributed by atoms with Crippen molar-refractivity contribution in [2.24, 2.45) is 10.2 Å². The van der Waals surface area contributed by atoms with Gasteiger partial charge in [0.1, 0.15) is 20.7 Å². The number of non-ortho nitro benzene ring substituents is 1. The average molecular weight is 673 g/mol. The third-order valence-electron chi connectivity index (χ3n) is 5.84. The molecule has 0 atom stereocenters. The van der Waals surface area contributed by atoms with Crippen LogP contribution in [-0.2, 0) is 30.0 Å². The van der Waals surface area contributed by atoms with E-state index in [9.17, 15) is 45.0 Å². The van der Waals surface area contributed by atoms with E-state index in [-0.39, 0.29) is 75.5 Å². The number of sulfonamides is 1. The van der Waals surface area contributed by atoms with E-state index < -0.39 is 55.3 Å². The minimum absolute atomic E-state index is 0. The van der Waals surface area contributed by atoms with Crippen LogP contribution in [0.15, 0.2) is 91.6 Å². The van der Waals surface area contributed by atoms with E-state index in [2.05, 4.69) is 15.0 Å². The summed E-state index contributed by atoms with van der Waals surface area (Å²) >= 11 is 0. The van der Waals surface area contributed by atoms with Crippen LogP contribution in [0.3, 0.4) is 0 Å². The molecule has 0 aromatic heterocycles. The molecule has 0 aliphatic rings. The number of phenols is 1. The molecule has 4 aromatic rings. The number of phenolic OH excluding ortho intramolecular Hbond substituents is 1. The summed E-state index contributed by atoms with van der Waals surface area (Å²) in [5, 5.41) is 30.1. The Morgan fingerprint density at radius 3 is 2.16 bits per heavy atom. The van der Waals surface area contributed by atoms with E-state index >= 15 is 0 Å². The molecule has 0 amide bonds. The van der Waals surface area contributed by atoms with Gasteiger partial charge in [-0.25, -0.2) is 25.3 Å². The molecule has 0 fully saturated rings. The summed E-state index contributed by atoms with van der Waals surface area (Å²) in [5.41, 5.74) is -1.03. The summed E-state index contributed by atoms with van der Waals surface area (Å²) in [6.45, 7) is 1.75. The van der Waals surface area contributed by atoms with Crippen LogP contribution in [0.1, 0.15) is 6.92 Å². The minimum Gasteiger partial charge on any atom is -0.744 e. The van der Waals surface area contributed by atoms with Crippen molar-refractivity contribution in [3.05, 3.63) is 76.8 Å². The first-order valence-corrected chi connectivity index (χ1v) is 16.7. The molecule has 0 unspecified atom stereocenters. The Bertz CT molecular complexity index is 2140. The molecule has 0 spiro atoms. The molecular weight excluding hydrogens is 651 g/mol. The zero-order valence-electron chi connectivity index (χ0n) is 23.2. The van der Waals surface area contributed by atoms with Gasteiger partial charge in [-0.15, -0.1) is 10.2 Å². The first kappa shape index (κ1) is 34.8. The third kappa shape index (κ3) is 7.52. The fourth-order valence-corrected chi connectivity index (χ4v) is 6.49. The number of ether oxygens (including phenoxy) is 1. The number of nitro benzene ring substituents is 1. The number of nitrogens with zero attached hydrogens (tertiary/aromatic N) is 3. The Balaban J connectivity index is 0.00000529. The van der Waals surface area contributed by atoms with Crippen molar-refractivity contribution < 1.29 is 74.1 Å². The van der Waals surface area contributed by atoms with Gasteiger partial charge in [-0.1, -0.05) is 18.2 Å². The molecule has 0 saturated carbocycles. The van der Waals surface area contributed by atoms with Crippen LogP contribution in [0, 0.1) is 10.1 Å². The van der Waals surface area contributed by atoms with E-state index in [0.717, 1.165) is 42.7 Å². The van der Waals surface area contributed by atoms with Crippen LogP contribution in [0.2, 0.25) is 0 Å². The topological polar surface area (TPSA) is 235 Å². The normalized spacial score (nSPS) is 12.2. The largest absolute Gasteiger partial charge is 1.00 e. The van der Waals surface area contributed by atoms with Gasteiger partial charge in [0, 0.05) is 35.2 Å². The Labute approximate surface area is 273 Å². The second-order valence-corrected chi connectivity index (χ2v) is 13.9. The quantitative estimate of drug-likeness (QED) is 0.0802. The number of anilines is 1. The molecule has 0 bridgehead atoms. The van der Waals surface area contributed by atoms with Crippen molar-refractivity contribution in [2.45, 2.75) is 21.6 Å². The summed E-state index contributed by atoms with van der Waals surface area (Å²) in [5.74, 6) is -0.451. The van der Waals surface area contributed by atoms with Crippen LogP contribution in [0.5, 0.6) is 11.5 Å². The predicted octanol–water partition coefficient (Wildman–Crippen LogP) is 1.38. The molecule has 44 heavy (non-hydrogen) atoms. The van der Waals surface area contributed by atoms with Gasteiger partial charge in [-0.3, -0.25) is 14.8 Å². The predicted molar refractivity (Wildman–Crippen MR) is 152 cm³/mol. The molecule has 0 heterocycles. The summed E-state index contributed by atoms with van der Waals surface area (Å²) in [6, 6.07) is 12.0. The molecule has 0 aliphatic heterocycles. The Morgan fingerprint density at radius 1 is 0.909 bits per heavy atom. The molecule has 4 rings (SSSR count). The number of sulfone groups is 1. The Morgan fingerprint density at radius 2 is 1.55 bits per heavy atom. The van der Waals surface area contributed by atoms with Crippen molar-refractivity contribution in [3.63, 3.8) is 0 Å². The Hall–Kier alpha value is -3.65. The molecule has 15 nitrogen and oxygen atoms in total. The number of fused-ring (bicyclic) bond motifs is 1. The van der Waals surface area contributed by atoms with Gasteiger partial charge in [0.05, 0.1) is 32.7 Å². The fraction of sp³-hybridized carbons (Fsp3) is 0.120. The zero-order chi connectivity index (χ0) is 31.7. The zero-order valence-corrected chi connectivity index (χ0v) is 27.6. The van der Waals surface area contributed by atoms with Crippen molar-refractivity contribution in [3.8, 4) is 11.5 Å². The number of nitrogens with one attached hydrogen (secondary N) is 1. The number of nitro groups is 1. The third-order valence-corrected chi connectivity index (χ3v) is 9.17. The van der Waals surface area contributed by atoms with E-state index in [1.165, 1.54) is 24.3 Å². The number of hydrogen-bond donors (Lipinski definition) is 2. The van der Waals surface area contributed by atoms with E-state index in [1.807, 2.05) is 0 Å². The van der Waals surface area contributed by atoms with Gasteiger partial charge in [-0.2, -0.15) is 0 Å². The molecule has 2 N–H and O–H groups in total. The molecule has 0 saturated heterocycles. The van der Waals surface area contributed by atoms with Gasteiger partial charge in [0.15, 0.2) is 21.3 Å². The summed E-state index contributed by atoms with van der Waals surface area (Å²) in [6.07, 6.45) is 0.828. The smallest absolute Gasteiger partial charge is 0.744 e. The second-order valence-electron chi connectivity index (χ2n) is 8.82. The number of rotatable bonds is 10. The van der Waals surface area contributed by atoms with Crippen LogP contribution in [-0.4, -0.2) is 52.7 Å². The maximum absolute atomic E-state index is 13.2. The van der Waals surface area contributed by atoms with Gasteiger partial charge in [0.25, 0.3) is 15.7 Å². The van der Waals surface area contributed by atoms with Crippen molar-refractivity contribution >= 4 is 63.5 Å². The van der Waals surface area contributed by atoms with E-state index in [1.54, 1.807) is 6.92 Å². The van der Waals surface area contributed by atoms with Crippen LogP contribution in [0.4, 0.5) is 22.7 Å². The first-order valence-electron chi connectivity index (χ1n) is 11.9. The first-order chi connectivity index (χ1) is 20.0. The average Bonchev–Trinajstić information content (AvgIpc) is 2.93. The van der Waals surface area contributed by atoms with Crippen LogP contribution < -0.4 is 39.0 Å². The molecule has 19 heteroatoms. The fourth-order valence-electron chi connectivity index (χ4n) is 3.96. The van der Waals surface area contributed by atoms with E-state index in [4.69, 9.17) is 4.74 Å². The number of benzene rings is 4. The maximum atomic E-state index is 13.2. The van der Waals surface area contributed by atoms with Gasteiger partial charge in [-0.05, 0) is 37.3 Å². The molecule has 0 aliphatic carbocycles. The molecule has 0 radical (unpaired) electrons. The number of aromatic hydroxyl groups is 1. The van der Waals surface area contributed by atoms with Gasteiger partial charge >= 0.3 is 29.6 Å². The minimum atomic E-state index is -4.97. The standard InChI is InChI=1S/C25H22N4O11S3.Na/c1-3-40-22-14-21(27-26-19-11-10-15(29(31)32)12-23(19)41(2,33)34)24-18(25(22)30)8-5-9-20(24)28-42(35,36)16-6-4-7-17(13-16)43(37,38)39;/h4-14,28,30H,3H2,1-2H3,(H,37,38,39);/q;+1/p-1/b27-26+;. The molecule has 4 aromatic carbocycles. The van der Waals surface area contributed by atoms with Crippen LogP contribution >= 0.6 is 0 Å². The summed E-state index contributed by atoms with van der Waals surface area (Å²) in [4.78, 5) is 8.59. The maximum Gasteiger partial charge on any atom is 1.00 e. The van der Waals surface area contributed by atoms with Crippen molar-refractivity contribution in [2.75, 3.05) is 17.6 Å². The van der Waals surface area contributed by atoms with Crippen LogP contribution in [0.25, 0.3) is 10.8 Å². The monoisotopic (exact) mass is 672 g/mol. The van der Waals surface area contributed by atoms with E-state index in [0.29, 0.717) is 6.07 Å². The van der Waals surface area contributed by atoms with Gasteiger partial charge < -0.3 is 14.4 Å². The molecule has 226 valence electrons. The number of hydrogen-bond acceptors (Lipinski definition) is 13. The summed E-state index contributed by atoms with van der Waals surface area (Å²) < 4.78 is 93.2. The summed E-state index contributed by atoms with van der Waals surface area (Å²) in [7, 11) is -13.5. The Kier molecular flexibility index (Phi) is 10.4. The van der Waals surface area contributed by atoms with Crippen molar-refractivity contribution in [1.29, 1.82) is 0 Å². The van der Waals surface area contributed by atoms with Gasteiger partial charge in [0.2, 0.25) is 0 Å². The SMILES string of the molecule is CCOc1cc(/N=N/c2ccc([N+](=O)[O-])cc2S(C)(=O)=O)c2c(NS(=O)(=O)c3cccc(S(=O)(=O)[O-])c3)cccc2c1O.[Na+]. The second kappa shape index (κ2) is 13.1. The molecular formula is C25H21N4NaO11S3.